The quantitative estimate of drug-likeness (QED) is 0.183. The third-order valence-corrected chi connectivity index (χ3v) is 9.21. The van der Waals surface area contributed by atoms with Crippen LogP contribution < -0.4 is 16.0 Å². The van der Waals surface area contributed by atoms with Crippen molar-refractivity contribution in [3.8, 4) is 11.3 Å². The number of benzene rings is 2. The second kappa shape index (κ2) is 12.1. The number of nitrogens with one attached hydrogen (secondary N) is 3. The third kappa shape index (κ3) is 6.22. The van der Waals surface area contributed by atoms with Crippen LogP contribution in [0.25, 0.3) is 22.3 Å². The maximum Gasteiger partial charge on any atom is 0.404 e. The molecule has 6 rings (SSSR count). The van der Waals surface area contributed by atoms with Gasteiger partial charge in [-0.25, -0.2) is 32.1 Å². The van der Waals surface area contributed by atoms with Gasteiger partial charge < -0.3 is 21.1 Å². The molecule has 2 atom stereocenters. The van der Waals surface area contributed by atoms with E-state index in [1.54, 1.807) is 60.8 Å². The number of nitrogens with zero attached hydrogens (tertiary/aromatic N) is 4. The summed E-state index contributed by atoms with van der Waals surface area (Å²) in [5, 5.41) is 18.3. The smallest absolute Gasteiger partial charge is 0.404 e. The van der Waals surface area contributed by atoms with Crippen LogP contribution >= 0.6 is 0 Å². The summed E-state index contributed by atoms with van der Waals surface area (Å²) in [4.78, 5) is 37.3. The minimum atomic E-state index is -3.80. The highest BCUT2D eigenvalue weighted by molar-refractivity contribution is 7.90. The predicted octanol–water partition coefficient (Wildman–Crippen LogP) is 5.24. The first-order chi connectivity index (χ1) is 21.3. The fourth-order valence-corrected chi connectivity index (χ4v) is 6.75. The molecule has 5 aromatic rings. The van der Waals surface area contributed by atoms with Crippen LogP contribution in [0.15, 0.2) is 96.4 Å². The Morgan fingerprint density at radius 3 is 2.55 bits per heavy atom. The molecule has 44 heavy (non-hydrogen) atoms. The minimum absolute atomic E-state index is 0.142. The number of carbonyl (C=O) groups is 2. The monoisotopic (exact) mass is 611 g/mol. The largest absolute Gasteiger partial charge is 0.465 e. The first kappa shape index (κ1) is 28.8. The van der Waals surface area contributed by atoms with Crippen molar-refractivity contribution in [1.29, 1.82) is 0 Å². The minimum Gasteiger partial charge on any atom is -0.465 e. The summed E-state index contributed by atoms with van der Waals surface area (Å²) in [7, 11) is -3.80. The molecule has 0 bridgehead atoms. The Balaban J connectivity index is 1.16. The van der Waals surface area contributed by atoms with Gasteiger partial charge in [-0.1, -0.05) is 30.7 Å². The van der Waals surface area contributed by atoms with Crippen LogP contribution in [0.5, 0.6) is 0 Å². The number of amides is 2. The van der Waals surface area contributed by atoms with Crippen molar-refractivity contribution in [1.82, 2.24) is 24.2 Å². The zero-order chi connectivity index (χ0) is 30.7. The van der Waals surface area contributed by atoms with E-state index in [1.165, 1.54) is 16.5 Å². The van der Waals surface area contributed by atoms with Crippen LogP contribution in [0.2, 0.25) is 0 Å². The van der Waals surface area contributed by atoms with Gasteiger partial charge in [-0.2, -0.15) is 0 Å². The van der Waals surface area contributed by atoms with E-state index in [4.69, 9.17) is 5.11 Å². The van der Waals surface area contributed by atoms with Gasteiger partial charge in [0.15, 0.2) is 5.65 Å². The molecule has 0 radical (unpaired) electrons. The van der Waals surface area contributed by atoms with Gasteiger partial charge in [0.2, 0.25) is 5.91 Å². The Morgan fingerprint density at radius 1 is 0.909 bits per heavy atom. The molecule has 224 valence electrons. The Labute approximate surface area is 253 Å². The molecule has 3 aromatic heterocycles. The van der Waals surface area contributed by atoms with Crippen molar-refractivity contribution < 1.29 is 23.1 Å². The van der Waals surface area contributed by atoms with E-state index in [2.05, 4.69) is 30.9 Å². The zero-order valence-corrected chi connectivity index (χ0v) is 24.2. The lowest BCUT2D eigenvalue weighted by molar-refractivity contribution is -0.121. The molecule has 3 heterocycles. The van der Waals surface area contributed by atoms with Crippen molar-refractivity contribution in [2.75, 3.05) is 10.6 Å². The van der Waals surface area contributed by atoms with E-state index in [0.717, 1.165) is 12.8 Å². The summed E-state index contributed by atoms with van der Waals surface area (Å²) >= 11 is 0. The summed E-state index contributed by atoms with van der Waals surface area (Å²) in [6, 6.07) is 20.5. The van der Waals surface area contributed by atoms with Gasteiger partial charge in [-0.05, 0) is 61.7 Å². The summed E-state index contributed by atoms with van der Waals surface area (Å²) in [6.07, 6.45) is 6.08. The average molecular weight is 612 g/mol. The highest BCUT2D eigenvalue weighted by Crippen LogP contribution is 2.28. The maximum atomic E-state index is 13.1. The molecule has 13 heteroatoms. The standard InChI is InChI=1S/C31H29N7O5S/c39-30(21-6-4-7-23(15-21)37-31(40)41)36-25-9-5-8-24(16-25)35-28-17-27(33-19-34-28)22-14-20-12-13-38(29(20)32-18-22)44(42,43)26-10-2-1-3-11-26/h1-3,5,8-14,16-19,21,23,37H,4,6-7,15H2,(H,36,39)(H,40,41)(H,33,34,35). The number of carbonyl (C=O) groups excluding carboxylic acids is 1. The Bertz CT molecular complexity index is 1950. The molecule has 0 aliphatic heterocycles. The Hall–Kier alpha value is -5.30. The van der Waals surface area contributed by atoms with E-state index in [0.29, 0.717) is 52.3 Å². The van der Waals surface area contributed by atoms with E-state index in [9.17, 15) is 18.0 Å². The maximum absolute atomic E-state index is 13.1. The second-order valence-electron chi connectivity index (χ2n) is 10.6. The topological polar surface area (TPSA) is 168 Å². The number of carboxylic acid groups (broad SMARTS) is 1. The van der Waals surface area contributed by atoms with Crippen LogP contribution in [-0.2, 0) is 14.8 Å². The van der Waals surface area contributed by atoms with E-state index < -0.39 is 16.1 Å². The van der Waals surface area contributed by atoms with Crippen molar-refractivity contribution in [3.05, 3.63) is 91.5 Å². The molecule has 2 aromatic carbocycles. The number of anilines is 3. The SMILES string of the molecule is O=C(O)NC1CCCC(C(=O)Nc2cccc(Nc3cc(-c4cnc5c(ccn5S(=O)(=O)c5ccccc5)c4)ncn3)c2)C1. The van der Waals surface area contributed by atoms with E-state index in [-0.39, 0.29) is 22.8 Å². The molecular weight excluding hydrogens is 582 g/mol. The molecule has 2 amide bonds. The van der Waals surface area contributed by atoms with Crippen LogP contribution in [0, 0.1) is 5.92 Å². The molecule has 0 saturated heterocycles. The number of fused-ring (bicyclic) bond motifs is 1. The molecule has 1 fully saturated rings. The highest BCUT2D eigenvalue weighted by Gasteiger charge is 2.28. The second-order valence-corrected chi connectivity index (χ2v) is 12.4. The Morgan fingerprint density at radius 2 is 1.73 bits per heavy atom. The normalized spacial score (nSPS) is 16.7. The molecule has 2 unspecified atom stereocenters. The number of hydrogen-bond acceptors (Lipinski definition) is 8. The fraction of sp³-hybridized carbons (Fsp3) is 0.194. The fourth-order valence-electron chi connectivity index (χ4n) is 5.42. The van der Waals surface area contributed by atoms with Gasteiger partial charge in [0.25, 0.3) is 10.0 Å². The molecule has 4 N–H and O–H groups in total. The molecular formula is C31H29N7O5S. The third-order valence-electron chi connectivity index (χ3n) is 7.53. The number of aromatic nitrogens is 4. The van der Waals surface area contributed by atoms with Gasteiger partial charge in [0.1, 0.15) is 12.1 Å². The lowest BCUT2D eigenvalue weighted by Gasteiger charge is -2.28. The number of hydrogen-bond donors (Lipinski definition) is 4. The van der Waals surface area contributed by atoms with Crippen molar-refractivity contribution in [2.45, 2.75) is 36.6 Å². The molecule has 1 aliphatic carbocycles. The van der Waals surface area contributed by atoms with Gasteiger partial charge in [-0.3, -0.25) is 4.79 Å². The lowest BCUT2D eigenvalue weighted by Crippen LogP contribution is -2.40. The van der Waals surface area contributed by atoms with E-state index in [1.807, 2.05) is 18.2 Å². The summed E-state index contributed by atoms with van der Waals surface area (Å²) in [5.41, 5.74) is 2.88. The van der Waals surface area contributed by atoms with Crippen LogP contribution in [0.3, 0.4) is 0 Å². The van der Waals surface area contributed by atoms with Crippen LogP contribution in [0.1, 0.15) is 25.7 Å². The number of pyridine rings is 1. The van der Waals surface area contributed by atoms with Crippen LogP contribution in [-0.4, -0.2) is 50.5 Å². The summed E-state index contributed by atoms with van der Waals surface area (Å²) in [6.45, 7) is 0. The van der Waals surface area contributed by atoms with Gasteiger partial charge in [0.05, 0.1) is 10.6 Å². The summed E-state index contributed by atoms with van der Waals surface area (Å²) < 4.78 is 27.5. The van der Waals surface area contributed by atoms with Gasteiger partial charge in [-0.15, -0.1) is 0 Å². The van der Waals surface area contributed by atoms with Crippen LogP contribution in [0.4, 0.5) is 22.0 Å². The van der Waals surface area contributed by atoms with Crippen molar-refractivity contribution in [3.63, 3.8) is 0 Å². The van der Waals surface area contributed by atoms with Crippen molar-refractivity contribution >= 4 is 50.2 Å². The predicted molar refractivity (Wildman–Crippen MR) is 165 cm³/mol. The molecule has 12 nitrogen and oxygen atoms in total. The van der Waals surface area contributed by atoms with Crippen molar-refractivity contribution in [2.24, 2.45) is 5.92 Å². The number of rotatable bonds is 8. The highest BCUT2D eigenvalue weighted by atomic mass is 32.2. The lowest BCUT2D eigenvalue weighted by atomic mass is 9.85. The van der Waals surface area contributed by atoms with Gasteiger partial charge in [0, 0.05) is 52.7 Å². The van der Waals surface area contributed by atoms with Gasteiger partial charge >= 0.3 is 6.09 Å². The first-order valence-electron chi connectivity index (χ1n) is 14.0. The Kier molecular flexibility index (Phi) is 7.94. The van der Waals surface area contributed by atoms with E-state index >= 15 is 0 Å². The average Bonchev–Trinajstić information content (AvgIpc) is 3.46. The molecule has 1 aliphatic rings. The molecule has 0 spiro atoms. The first-order valence-corrected chi connectivity index (χ1v) is 15.5. The zero-order valence-electron chi connectivity index (χ0n) is 23.4. The molecule has 1 saturated carbocycles. The summed E-state index contributed by atoms with van der Waals surface area (Å²) in [5.74, 6) is 0.0947.